The van der Waals surface area contributed by atoms with Gasteiger partial charge in [0.1, 0.15) is 5.75 Å². The highest BCUT2D eigenvalue weighted by Gasteiger charge is 2.66. The van der Waals surface area contributed by atoms with Crippen LogP contribution in [0, 0.1) is 5.92 Å². The number of rotatable bonds is 12. The molecule has 11 nitrogen and oxygen atoms in total. The summed E-state index contributed by atoms with van der Waals surface area (Å²) in [5.41, 5.74) is 3.32. The van der Waals surface area contributed by atoms with E-state index in [0.717, 1.165) is 38.0 Å². The third-order valence-corrected chi connectivity index (χ3v) is 17.8. The molecule has 5 atom stereocenters. The molecule has 1 amide bonds. The molecule has 0 radical (unpaired) electrons. The number of amides is 1. The van der Waals surface area contributed by atoms with E-state index in [0.29, 0.717) is 29.7 Å². The minimum Gasteiger partial charge on any atom is -0.497 e. The minimum atomic E-state index is -2.41. The average molecular weight is 896 g/mol. The van der Waals surface area contributed by atoms with Crippen LogP contribution in [0.4, 0.5) is 5.69 Å². The number of methoxy groups -OCH3 is 1. The van der Waals surface area contributed by atoms with Crippen molar-refractivity contribution in [2.45, 2.75) is 62.7 Å². The number of benzene rings is 5. The molecule has 0 bridgehead atoms. The number of carbonyl (C=O) groups excluding carboxylic acids is 1. The molecule has 7 aromatic rings. The van der Waals surface area contributed by atoms with Crippen molar-refractivity contribution in [2.24, 2.45) is 5.92 Å². The van der Waals surface area contributed by atoms with Crippen molar-refractivity contribution in [1.29, 1.82) is 0 Å². The van der Waals surface area contributed by atoms with Crippen LogP contribution < -0.4 is 20.4 Å². The number of anilines is 1. The Balaban J connectivity index is 1.07. The maximum Gasteiger partial charge on any atom is 0.279 e. The van der Waals surface area contributed by atoms with Gasteiger partial charge in [0.2, 0.25) is 0 Å². The number of halogens is 1. The van der Waals surface area contributed by atoms with Crippen molar-refractivity contribution in [3.05, 3.63) is 171 Å². The molecule has 9 rings (SSSR count). The van der Waals surface area contributed by atoms with Gasteiger partial charge in [-0.1, -0.05) is 119 Å². The van der Waals surface area contributed by atoms with Gasteiger partial charge in [0, 0.05) is 34.1 Å². The molecule has 1 spiro atoms. The van der Waals surface area contributed by atoms with Crippen LogP contribution in [0.2, 0.25) is 18.6 Å². The topological polar surface area (TPSA) is 125 Å². The molecule has 2 aliphatic heterocycles. The van der Waals surface area contributed by atoms with Crippen molar-refractivity contribution in [3.63, 3.8) is 0 Å². The fourth-order valence-electron chi connectivity index (χ4n) is 9.85. The van der Waals surface area contributed by atoms with Gasteiger partial charge in [0.05, 0.1) is 69.0 Å². The Hall–Kier alpha value is -5.73. The van der Waals surface area contributed by atoms with E-state index in [1.807, 2.05) is 119 Å². The van der Waals surface area contributed by atoms with Crippen LogP contribution in [0.15, 0.2) is 143 Å². The summed E-state index contributed by atoms with van der Waals surface area (Å²) < 4.78 is 17.0. The zero-order chi connectivity index (χ0) is 42.5. The van der Waals surface area contributed by atoms with Gasteiger partial charge in [-0.15, -0.1) is 5.10 Å². The predicted octanol–water partition coefficient (Wildman–Crippen LogP) is 7.73. The maximum atomic E-state index is 15.5. The molecule has 1 N–H and O–H groups in total. The first-order valence-electron chi connectivity index (χ1n) is 20.6. The molecular formula is C48H47BrN6O5Si. The lowest BCUT2D eigenvalue weighted by Gasteiger charge is -2.37. The van der Waals surface area contributed by atoms with Gasteiger partial charge < -0.3 is 19.5 Å². The summed E-state index contributed by atoms with van der Waals surface area (Å²) in [6, 6.07) is 39.3. The van der Waals surface area contributed by atoms with E-state index in [1.165, 1.54) is 9.87 Å². The lowest BCUT2D eigenvalue weighted by atomic mass is 9.82. The number of ether oxygens (including phenoxy) is 2. The second-order valence-electron chi connectivity index (χ2n) is 16.7. The number of aromatic nitrogens is 5. The van der Waals surface area contributed by atoms with Crippen molar-refractivity contribution < 1.29 is 19.4 Å². The van der Waals surface area contributed by atoms with E-state index in [1.54, 1.807) is 19.4 Å². The second kappa shape index (κ2) is 16.3. The van der Waals surface area contributed by atoms with Gasteiger partial charge in [-0.2, -0.15) is 9.78 Å². The molecule has 1 unspecified atom stereocenters. The first-order valence-corrected chi connectivity index (χ1v) is 24.5. The lowest BCUT2D eigenvalue weighted by molar-refractivity contribution is -0.146. The number of hydrogen-bond acceptors (Lipinski definition) is 8. The quantitative estimate of drug-likeness (QED) is 0.124. The molecule has 2 aliphatic rings. The van der Waals surface area contributed by atoms with Crippen LogP contribution in [0.3, 0.4) is 0 Å². The Labute approximate surface area is 363 Å². The summed E-state index contributed by atoms with van der Waals surface area (Å²) in [6.07, 6.45) is 3.90. The lowest BCUT2D eigenvalue weighted by Crippen LogP contribution is -2.51. The highest BCUT2D eigenvalue weighted by atomic mass is 79.9. The standard InChI is InChI=1S/C48H47BrN6O5Si/c1-31-45(61(3,4)38-20-18-37(59-2)19-21-38)44(23-24-53-29-42(51-52-53)40(30-56)33-12-6-5-7-13-33)60-48(31)41-26-35(49)17-22-43(41)54(47(48)58)28-32-11-10-15-36(25-32)55-46(57)39-16-9-8-14-34(39)27-50-55/h5-22,25-27,29,31,40,44-45,56H,23-24,28,30H2,1-4H3/t31-,40?,44+,45-,48+/m0/s1. The van der Waals surface area contributed by atoms with Crippen molar-refractivity contribution in [3.8, 4) is 11.4 Å². The predicted molar refractivity (Wildman–Crippen MR) is 242 cm³/mol. The van der Waals surface area contributed by atoms with Crippen molar-refractivity contribution in [2.75, 3.05) is 18.6 Å². The Bertz CT molecular complexity index is 2800. The molecule has 0 aliphatic carbocycles. The fraction of sp³-hybridized carbons (Fsp3) is 0.271. The van der Waals surface area contributed by atoms with Crippen LogP contribution in [-0.4, -0.2) is 63.7 Å². The van der Waals surface area contributed by atoms with Gasteiger partial charge in [0.25, 0.3) is 11.5 Å². The Morgan fingerprint density at radius 1 is 0.934 bits per heavy atom. The van der Waals surface area contributed by atoms with E-state index in [9.17, 15) is 9.90 Å². The fourth-order valence-corrected chi connectivity index (χ4v) is 14.3. The summed E-state index contributed by atoms with van der Waals surface area (Å²) in [6.45, 7) is 7.62. The monoisotopic (exact) mass is 894 g/mol. The van der Waals surface area contributed by atoms with Crippen LogP contribution in [-0.2, 0) is 28.2 Å². The molecule has 61 heavy (non-hydrogen) atoms. The van der Waals surface area contributed by atoms with E-state index >= 15 is 4.79 Å². The zero-order valence-electron chi connectivity index (χ0n) is 34.5. The normalized spacial score (nSPS) is 20.4. The third-order valence-electron chi connectivity index (χ3n) is 12.9. The second-order valence-corrected chi connectivity index (χ2v) is 22.3. The highest BCUT2D eigenvalue weighted by Crippen LogP contribution is 2.60. The van der Waals surface area contributed by atoms with Crippen LogP contribution in [0.25, 0.3) is 16.5 Å². The first kappa shape index (κ1) is 40.7. The van der Waals surface area contributed by atoms with Crippen molar-refractivity contribution >= 4 is 51.6 Å². The Morgan fingerprint density at radius 2 is 1.70 bits per heavy atom. The van der Waals surface area contributed by atoms with E-state index in [4.69, 9.17) is 9.47 Å². The highest BCUT2D eigenvalue weighted by molar-refractivity contribution is 9.10. The number of carbonyl (C=O) groups is 1. The van der Waals surface area contributed by atoms with E-state index in [-0.39, 0.29) is 48.1 Å². The van der Waals surface area contributed by atoms with Gasteiger partial charge in [0.15, 0.2) is 5.60 Å². The molecule has 4 heterocycles. The molecule has 2 aromatic heterocycles. The summed E-state index contributed by atoms with van der Waals surface area (Å²) >= 11 is 3.74. The number of fused-ring (bicyclic) bond motifs is 3. The van der Waals surface area contributed by atoms with Crippen molar-refractivity contribution in [1.82, 2.24) is 24.8 Å². The smallest absolute Gasteiger partial charge is 0.279 e. The summed E-state index contributed by atoms with van der Waals surface area (Å²) in [5.74, 6) is 0.185. The van der Waals surface area contributed by atoms with Crippen LogP contribution >= 0.6 is 15.9 Å². The van der Waals surface area contributed by atoms with E-state index in [2.05, 4.69) is 63.5 Å². The first-order chi connectivity index (χ1) is 29.5. The number of nitrogens with zero attached hydrogens (tertiary/aromatic N) is 6. The number of hydrogen-bond donors (Lipinski definition) is 1. The van der Waals surface area contributed by atoms with Crippen LogP contribution in [0.1, 0.15) is 41.6 Å². The zero-order valence-corrected chi connectivity index (χ0v) is 37.1. The van der Waals surface area contributed by atoms with Gasteiger partial charge in [-0.05, 0) is 71.6 Å². The largest absolute Gasteiger partial charge is 0.497 e. The van der Waals surface area contributed by atoms with Gasteiger partial charge >= 0.3 is 0 Å². The minimum absolute atomic E-state index is 0.0170. The summed E-state index contributed by atoms with van der Waals surface area (Å²) in [7, 11) is -0.741. The molecule has 0 saturated carbocycles. The third kappa shape index (κ3) is 7.12. The molecule has 1 saturated heterocycles. The summed E-state index contributed by atoms with van der Waals surface area (Å²) in [4.78, 5) is 30.9. The molecule has 1 fully saturated rings. The molecule has 310 valence electrons. The number of aryl methyl sites for hydroxylation is 1. The van der Waals surface area contributed by atoms with E-state index < -0.39 is 13.7 Å². The molecule has 13 heteroatoms. The number of aliphatic hydroxyl groups is 1. The number of aliphatic hydroxyl groups excluding tert-OH is 1. The molecule has 5 aromatic carbocycles. The summed E-state index contributed by atoms with van der Waals surface area (Å²) in [5, 5.41) is 26.5. The Kier molecular flexibility index (Phi) is 10.8. The average Bonchev–Trinajstić information content (AvgIpc) is 3.94. The van der Waals surface area contributed by atoms with Crippen LogP contribution in [0.5, 0.6) is 5.75 Å². The molecular weight excluding hydrogens is 849 g/mol. The SMILES string of the molecule is COc1ccc([Si](C)(C)[C@@H]2[C@@H](CCn3cc(C(CO)c4ccccc4)nn3)O[C@]3(C(=O)N(Cc4cccc(-n5ncc6ccccc6c5=O)c4)c4ccc(Br)cc43)[C@H]2C)cc1. The van der Waals surface area contributed by atoms with Gasteiger partial charge in [-0.25, -0.2) is 0 Å². The Morgan fingerprint density at radius 3 is 2.48 bits per heavy atom. The van der Waals surface area contributed by atoms with Gasteiger partial charge in [-0.3, -0.25) is 14.3 Å². The maximum absolute atomic E-state index is 15.5.